The molecule has 2 aromatic rings. The van der Waals surface area contributed by atoms with Gasteiger partial charge in [0.25, 0.3) is 0 Å². The van der Waals surface area contributed by atoms with Crippen LogP contribution >= 0.6 is 11.8 Å². The van der Waals surface area contributed by atoms with E-state index in [1.165, 1.54) is 81.9 Å². The normalized spacial score (nSPS) is 16.1. The van der Waals surface area contributed by atoms with Crippen LogP contribution in [0.2, 0.25) is 0 Å². The number of aromatic nitrogens is 4. The Kier molecular flexibility index (Phi) is 89.1. The molecular formula is C57H110F6N8O6S. The highest BCUT2D eigenvalue weighted by Crippen LogP contribution is 2.38. The fraction of sp³-hybridized carbons (Fsp3) is 0.649. The molecular weight excluding hydrogens is 1040 g/mol. The van der Waals surface area contributed by atoms with Crippen molar-refractivity contribution < 1.29 is 54.8 Å². The Morgan fingerprint density at radius 2 is 1.00 bits per heavy atom. The monoisotopic (exact) mass is 1150 g/mol. The van der Waals surface area contributed by atoms with Crippen molar-refractivity contribution in [2.45, 2.75) is 201 Å². The molecule has 0 amide bonds. The molecule has 0 atom stereocenters. The molecule has 7 aliphatic heterocycles. The summed E-state index contributed by atoms with van der Waals surface area (Å²) in [4.78, 5) is 6.81. The number of thioether (sulfide) groups is 1. The Morgan fingerprint density at radius 3 is 1.22 bits per heavy atom. The molecule has 0 radical (unpaired) electrons. The van der Waals surface area contributed by atoms with E-state index < -0.39 is 18.5 Å². The highest BCUT2D eigenvalue weighted by atomic mass is 32.2. The molecule has 21 heteroatoms. The number of hydrogen-bond acceptors (Lipinski definition) is 13. The predicted molar refractivity (Wildman–Crippen MR) is 319 cm³/mol. The van der Waals surface area contributed by atoms with Crippen molar-refractivity contribution in [1.29, 1.82) is 0 Å². The maximum atomic E-state index is 11.8. The minimum absolute atomic E-state index is 0.359. The third-order valence-electron chi connectivity index (χ3n) is 7.41. The molecule has 14 nitrogen and oxygen atoms in total. The van der Waals surface area contributed by atoms with E-state index in [4.69, 9.17) is 9.47 Å². The summed E-state index contributed by atoms with van der Waals surface area (Å²) in [5.41, 5.74) is 3.02. The molecule has 6 N–H and O–H groups in total. The largest absolute Gasteiger partial charge is 0.585 e. The van der Waals surface area contributed by atoms with Gasteiger partial charge >= 0.3 is 18.5 Å². The first kappa shape index (κ1) is 89.1. The van der Waals surface area contributed by atoms with Gasteiger partial charge in [-0.25, -0.2) is 4.98 Å². The van der Waals surface area contributed by atoms with Gasteiger partial charge in [-0.1, -0.05) is 137 Å². The average Bonchev–Trinajstić information content (AvgIpc) is 4.44. The van der Waals surface area contributed by atoms with Gasteiger partial charge in [0.05, 0.1) is 19.1 Å². The van der Waals surface area contributed by atoms with Crippen LogP contribution in [0, 0.1) is 0 Å². The van der Waals surface area contributed by atoms with E-state index in [-0.39, 0.29) is 0 Å². The summed E-state index contributed by atoms with van der Waals surface area (Å²) in [6.45, 7) is 42.1. The summed E-state index contributed by atoms with van der Waals surface area (Å²) in [5.74, 6) is 1.22. The summed E-state index contributed by atoms with van der Waals surface area (Å²) in [6.07, 6.45) is 23.7. The lowest BCUT2D eigenvalue weighted by atomic mass is 9.98. The lowest BCUT2D eigenvalue weighted by Gasteiger charge is -2.26. The third-order valence-corrected chi connectivity index (χ3v) is 8.18. The fourth-order valence-electron chi connectivity index (χ4n) is 4.50. The number of hydrogen-bond donors (Lipinski definition) is 6. The molecule has 1 aliphatic carbocycles. The molecule has 0 unspecified atom stereocenters. The van der Waals surface area contributed by atoms with Gasteiger partial charge in [-0.3, -0.25) is 5.10 Å². The number of fused-ring (bicyclic) bond motifs is 1. The van der Waals surface area contributed by atoms with Crippen LogP contribution in [-0.4, -0.2) is 83.8 Å². The standard InChI is InChI=1S/C8H11N.C5H9N.C5H8O.C4H2F4O2.C4H7NO.C4H7NS.C4H7N.C3H2F2O2.C2H3N3.9C2H6/c1-2-4-8-7(3-1)5-6-9-8;2*1-2-4-6-5-3-1;5-3(6)4(7,8)10-2-1-9-3;2*1-3-6-4-2-5-1;1-2-4-5-3-1;4-3(5)6-1-2-7-3;1-3-2-5-4-1;9*1-2/h5-6,9H,1-4H2;2,4,6H,1,3,5H2;2,4H,1,3,5H2;1-2H;2*1,3,5H,2,4H2;1,3,5H,2,4H2;1-2H;1-2H,(H,3,4,5);9*1-2H3. The Morgan fingerprint density at radius 1 is 0.487 bits per heavy atom. The van der Waals surface area contributed by atoms with E-state index in [0.29, 0.717) is 12.5 Å². The van der Waals surface area contributed by atoms with Crippen molar-refractivity contribution in [3.63, 3.8) is 0 Å². The van der Waals surface area contributed by atoms with Gasteiger partial charge in [-0.2, -0.15) is 22.7 Å². The predicted octanol–water partition coefficient (Wildman–Crippen LogP) is 17.2. The van der Waals surface area contributed by atoms with Crippen LogP contribution in [0.15, 0.2) is 111 Å². The van der Waals surface area contributed by atoms with E-state index in [1.807, 2.05) is 161 Å². The average molecular weight is 1150 g/mol. The van der Waals surface area contributed by atoms with Crippen LogP contribution in [0.5, 0.6) is 0 Å². The van der Waals surface area contributed by atoms with Crippen molar-refractivity contribution in [1.82, 2.24) is 41.4 Å². The number of alkyl halides is 6. The highest BCUT2D eigenvalue weighted by Gasteiger charge is 2.63. The van der Waals surface area contributed by atoms with E-state index in [1.54, 1.807) is 24.3 Å². The van der Waals surface area contributed by atoms with Crippen molar-refractivity contribution in [2.24, 2.45) is 0 Å². The van der Waals surface area contributed by atoms with Gasteiger partial charge in [0.2, 0.25) is 0 Å². The third kappa shape index (κ3) is 64.8. The summed E-state index contributed by atoms with van der Waals surface area (Å²) >= 11 is 1.85. The van der Waals surface area contributed by atoms with Gasteiger partial charge in [0.15, 0.2) is 0 Å². The first-order valence-corrected chi connectivity index (χ1v) is 29.3. The van der Waals surface area contributed by atoms with Crippen molar-refractivity contribution in [3.05, 3.63) is 122 Å². The van der Waals surface area contributed by atoms with Crippen molar-refractivity contribution in [3.8, 4) is 0 Å². The molecule has 8 aliphatic rings. The number of nitrogens with zero attached hydrogens (tertiary/aromatic N) is 2. The fourth-order valence-corrected chi connectivity index (χ4v) is 5.06. The maximum Gasteiger partial charge on any atom is 0.585 e. The number of nitrogens with one attached hydrogen (secondary N) is 6. The molecule has 462 valence electrons. The second-order valence-electron chi connectivity index (χ2n) is 12.1. The van der Waals surface area contributed by atoms with Crippen LogP contribution in [0.4, 0.5) is 26.3 Å². The second-order valence-corrected chi connectivity index (χ2v) is 13.2. The Bertz CT molecular complexity index is 1380. The molecule has 0 saturated carbocycles. The first-order valence-electron chi connectivity index (χ1n) is 28.2. The highest BCUT2D eigenvalue weighted by molar-refractivity contribution is 8.02. The lowest BCUT2D eigenvalue weighted by molar-refractivity contribution is -0.417. The maximum absolute atomic E-state index is 11.8. The van der Waals surface area contributed by atoms with Gasteiger partial charge in [-0.15, -0.1) is 20.5 Å². The molecule has 2 aromatic heterocycles. The Balaban J connectivity index is -0.000000114. The van der Waals surface area contributed by atoms with E-state index >= 15 is 0 Å². The molecule has 0 bridgehead atoms. The van der Waals surface area contributed by atoms with Crippen LogP contribution in [-0.2, 0) is 41.3 Å². The molecule has 0 fully saturated rings. The zero-order valence-electron chi connectivity index (χ0n) is 51.2. The Hall–Kier alpha value is -5.47. The minimum atomic E-state index is -4.57. The van der Waals surface area contributed by atoms with E-state index in [0.717, 1.165) is 51.9 Å². The molecule has 0 saturated heterocycles. The van der Waals surface area contributed by atoms with Crippen LogP contribution in [0.1, 0.15) is 181 Å². The molecule has 9 heterocycles. The summed E-state index contributed by atoms with van der Waals surface area (Å²) < 4.78 is 93.7. The van der Waals surface area contributed by atoms with Crippen LogP contribution < -0.4 is 21.3 Å². The summed E-state index contributed by atoms with van der Waals surface area (Å²) in [6, 6.07) is 2.20. The van der Waals surface area contributed by atoms with Crippen molar-refractivity contribution >= 4 is 11.8 Å². The topological polar surface area (TPSA) is 161 Å². The number of aromatic amines is 2. The number of ether oxygens (including phenoxy) is 6. The minimum Gasteiger partial charge on any atom is -0.502 e. The second kappa shape index (κ2) is 78.0. The van der Waals surface area contributed by atoms with Gasteiger partial charge < -0.3 is 54.7 Å². The molecule has 78 heavy (non-hydrogen) atoms. The number of allylic oxidation sites excluding steroid dienone is 2. The van der Waals surface area contributed by atoms with Gasteiger partial charge in [0, 0.05) is 56.2 Å². The van der Waals surface area contributed by atoms with Crippen LogP contribution in [0.25, 0.3) is 0 Å². The lowest BCUT2D eigenvalue weighted by Crippen LogP contribution is -2.44. The number of rotatable bonds is 0. The zero-order valence-corrected chi connectivity index (χ0v) is 52.0. The van der Waals surface area contributed by atoms with Crippen LogP contribution in [0.3, 0.4) is 0 Å². The zero-order chi connectivity index (χ0) is 61.3. The number of H-pyrrole nitrogens is 2. The van der Waals surface area contributed by atoms with E-state index in [9.17, 15) is 26.3 Å². The molecule has 10 rings (SSSR count). The quantitative estimate of drug-likeness (QED) is 0.138. The smallest absolute Gasteiger partial charge is 0.502 e. The molecule has 0 spiro atoms. The number of aryl methyl sites for hydroxylation is 2. The summed E-state index contributed by atoms with van der Waals surface area (Å²) in [5, 5.41) is 20.3. The molecule has 0 aromatic carbocycles. The van der Waals surface area contributed by atoms with Crippen molar-refractivity contribution in [2.75, 3.05) is 45.1 Å². The SMILES string of the molecule is C1=CNCC1.C1=CNCCC1.C1=COCCC1.C1=COCCN1.C1=CSCCN1.CC.CC.CC.CC.CC.CC.CC.CC.CC.FC1(F)OC=CO1.FC1(F)OC=COC1(F)F.c1cc2c([nH]1)CCCC2.c1nc[nH]n1. The van der Waals surface area contributed by atoms with E-state index in [2.05, 4.69) is 90.2 Å². The Labute approximate surface area is 474 Å². The first-order chi connectivity index (χ1) is 38.1. The summed E-state index contributed by atoms with van der Waals surface area (Å²) in [7, 11) is 0. The van der Waals surface area contributed by atoms with Gasteiger partial charge in [-0.05, 0) is 93.3 Å². The number of halogens is 6. The van der Waals surface area contributed by atoms with Gasteiger partial charge in [0.1, 0.15) is 44.3 Å².